The SMILES string of the molecule is C[C@@H](CN[C@]1(CO)CCOC1)c1cccc(Cl)c1. The zero-order chi connectivity index (χ0) is 13.0. The molecule has 0 spiro atoms. The van der Waals surface area contributed by atoms with Crippen LogP contribution in [0.4, 0.5) is 0 Å². The number of benzene rings is 1. The molecule has 2 N–H and O–H groups in total. The summed E-state index contributed by atoms with van der Waals surface area (Å²) in [6.45, 7) is 4.39. The Morgan fingerprint density at radius 3 is 3.00 bits per heavy atom. The topological polar surface area (TPSA) is 41.5 Å². The van der Waals surface area contributed by atoms with E-state index in [1.165, 1.54) is 5.56 Å². The summed E-state index contributed by atoms with van der Waals surface area (Å²) in [6, 6.07) is 7.92. The fourth-order valence-electron chi connectivity index (χ4n) is 2.23. The van der Waals surface area contributed by atoms with Gasteiger partial charge in [0.1, 0.15) is 0 Å². The number of halogens is 1. The van der Waals surface area contributed by atoms with E-state index in [9.17, 15) is 5.11 Å². The first kappa shape index (κ1) is 13.8. The van der Waals surface area contributed by atoms with E-state index < -0.39 is 0 Å². The monoisotopic (exact) mass is 269 g/mol. The standard InChI is InChI=1S/C14H20ClNO2/c1-11(12-3-2-4-13(15)7-12)8-16-14(9-17)5-6-18-10-14/h2-4,7,11,16-17H,5-6,8-10H2,1H3/t11-,14-/m0/s1. The lowest BCUT2D eigenvalue weighted by atomic mass is 9.96. The first-order chi connectivity index (χ1) is 8.65. The first-order valence-electron chi connectivity index (χ1n) is 6.34. The summed E-state index contributed by atoms with van der Waals surface area (Å²) in [5.74, 6) is 0.354. The molecule has 1 aromatic rings. The summed E-state index contributed by atoms with van der Waals surface area (Å²) in [5.41, 5.74) is 0.953. The highest BCUT2D eigenvalue weighted by Crippen LogP contribution is 2.22. The molecule has 1 saturated heterocycles. The van der Waals surface area contributed by atoms with E-state index in [0.717, 1.165) is 24.6 Å². The van der Waals surface area contributed by atoms with Crippen LogP contribution in [0.3, 0.4) is 0 Å². The molecule has 18 heavy (non-hydrogen) atoms. The van der Waals surface area contributed by atoms with Crippen LogP contribution >= 0.6 is 11.6 Å². The predicted octanol–water partition coefficient (Wildman–Crippen LogP) is 2.18. The highest BCUT2D eigenvalue weighted by molar-refractivity contribution is 6.30. The van der Waals surface area contributed by atoms with Crippen molar-refractivity contribution in [1.29, 1.82) is 0 Å². The minimum Gasteiger partial charge on any atom is -0.394 e. The molecule has 1 aromatic carbocycles. The molecular formula is C14H20ClNO2. The van der Waals surface area contributed by atoms with Gasteiger partial charge in [-0.25, -0.2) is 0 Å². The van der Waals surface area contributed by atoms with E-state index in [1.54, 1.807) is 0 Å². The molecule has 0 amide bonds. The van der Waals surface area contributed by atoms with Gasteiger partial charge in [-0.1, -0.05) is 30.7 Å². The number of nitrogens with one attached hydrogen (secondary N) is 1. The van der Waals surface area contributed by atoms with Gasteiger partial charge in [-0.3, -0.25) is 0 Å². The van der Waals surface area contributed by atoms with Gasteiger partial charge >= 0.3 is 0 Å². The maximum atomic E-state index is 9.48. The Bertz CT molecular complexity index is 391. The van der Waals surface area contributed by atoms with Crippen LogP contribution < -0.4 is 5.32 Å². The quantitative estimate of drug-likeness (QED) is 0.861. The summed E-state index contributed by atoms with van der Waals surface area (Å²) >= 11 is 5.99. The Morgan fingerprint density at radius 2 is 2.39 bits per heavy atom. The summed E-state index contributed by atoms with van der Waals surface area (Å²) in [4.78, 5) is 0. The smallest absolute Gasteiger partial charge is 0.0673 e. The first-order valence-corrected chi connectivity index (χ1v) is 6.72. The average molecular weight is 270 g/mol. The molecule has 0 radical (unpaired) electrons. The zero-order valence-electron chi connectivity index (χ0n) is 10.7. The van der Waals surface area contributed by atoms with Gasteiger partial charge in [-0.05, 0) is 30.0 Å². The number of hydrogen-bond donors (Lipinski definition) is 2. The molecule has 0 aliphatic carbocycles. The van der Waals surface area contributed by atoms with Gasteiger partial charge in [0.15, 0.2) is 0 Å². The van der Waals surface area contributed by atoms with Gasteiger partial charge < -0.3 is 15.2 Å². The van der Waals surface area contributed by atoms with Crippen LogP contribution in [0.2, 0.25) is 5.02 Å². The Labute approximate surface area is 113 Å². The highest BCUT2D eigenvalue weighted by Gasteiger charge is 2.33. The molecule has 100 valence electrons. The molecule has 2 atom stereocenters. The molecule has 0 aromatic heterocycles. The Morgan fingerprint density at radius 1 is 1.56 bits per heavy atom. The second-order valence-electron chi connectivity index (χ2n) is 5.08. The molecule has 0 bridgehead atoms. The minimum absolute atomic E-state index is 0.120. The lowest BCUT2D eigenvalue weighted by Crippen LogP contribution is -2.50. The van der Waals surface area contributed by atoms with Crippen LogP contribution in [0.1, 0.15) is 24.8 Å². The molecule has 1 aliphatic rings. The fourth-order valence-corrected chi connectivity index (χ4v) is 2.43. The number of aliphatic hydroxyl groups is 1. The minimum atomic E-state index is -0.257. The summed E-state index contributed by atoms with van der Waals surface area (Å²) in [6.07, 6.45) is 0.867. The van der Waals surface area contributed by atoms with Gasteiger partial charge in [0.2, 0.25) is 0 Å². The van der Waals surface area contributed by atoms with Crippen molar-refractivity contribution in [2.24, 2.45) is 0 Å². The molecule has 0 unspecified atom stereocenters. The van der Waals surface area contributed by atoms with E-state index in [4.69, 9.17) is 16.3 Å². The van der Waals surface area contributed by atoms with Gasteiger partial charge in [0.05, 0.1) is 18.8 Å². The van der Waals surface area contributed by atoms with Gasteiger partial charge in [-0.2, -0.15) is 0 Å². The van der Waals surface area contributed by atoms with Crippen molar-refractivity contribution in [3.05, 3.63) is 34.9 Å². The average Bonchev–Trinajstić information content (AvgIpc) is 2.85. The summed E-state index contributed by atoms with van der Waals surface area (Å²) in [5, 5.41) is 13.7. The van der Waals surface area contributed by atoms with Gasteiger partial charge in [0.25, 0.3) is 0 Å². The largest absolute Gasteiger partial charge is 0.394 e. The fraction of sp³-hybridized carbons (Fsp3) is 0.571. The lowest BCUT2D eigenvalue weighted by Gasteiger charge is -2.28. The van der Waals surface area contributed by atoms with Crippen LogP contribution in [0.25, 0.3) is 0 Å². The van der Waals surface area contributed by atoms with Crippen molar-refractivity contribution >= 4 is 11.6 Å². The Hall–Kier alpha value is -0.610. The third-order valence-electron chi connectivity index (χ3n) is 3.61. The van der Waals surface area contributed by atoms with Crippen LogP contribution in [0.5, 0.6) is 0 Å². The van der Waals surface area contributed by atoms with Crippen molar-refractivity contribution in [2.45, 2.75) is 24.8 Å². The van der Waals surface area contributed by atoms with Crippen molar-refractivity contribution in [2.75, 3.05) is 26.4 Å². The Balaban J connectivity index is 1.93. The number of ether oxygens (including phenoxy) is 1. The number of hydrogen-bond acceptors (Lipinski definition) is 3. The van der Waals surface area contributed by atoms with E-state index in [-0.39, 0.29) is 12.1 Å². The van der Waals surface area contributed by atoms with Crippen molar-refractivity contribution in [3.63, 3.8) is 0 Å². The molecule has 4 heteroatoms. The molecular weight excluding hydrogens is 250 g/mol. The van der Waals surface area contributed by atoms with Gasteiger partial charge in [-0.15, -0.1) is 0 Å². The van der Waals surface area contributed by atoms with Crippen molar-refractivity contribution in [3.8, 4) is 0 Å². The van der Waals surface area contributed by atoms with Gasteiger partial charge in [0, 0.05) is 18.2 Å². The highest BCUT2D eigenvalue weighted by atomic mass is 35.5. The second kappa shape index (κ2) is 6.02. The normalized spacial score (nSPS) is 25.3. The lowest BCUT2D eigenvalue weighted by molar-refractivity contribution is 0.120. The van der Waals surface area contributed by atoms with E-state index in [2.05, 4.69) is 18.3 Å². The number of aliphatic hydroxyl groups excluding tert-OH is 1. The maximum absolute atomic E-state index is 9.48. The molecule has 3 nitrogen and oxygen atoms in total. The third-order valence-corrected chi connectivity index (χ3v) is 3.84. The van der Waals surface area contributed by atoms with E-state index in [1.807, 2.05) is 18.2 Å². The summed E-state index contributed by atoms with van der Waals surface area (Å²) in [7, 11) is 0. The van der Waals surface area contributed by atoms with Crippen LogP contribution in [0.15, 0.2) is 24.3 Å². The van der Waals surface area contributed by atoms with Crippen LogP contribution in [-0.2, 0) is 4.74 Å². The maximum Gasteiger partial charge on any atom is 0.0673 e. The molecule has 1 heterocycles. The second-order valence-corrected chi connectivity index (χ2v) is 5.51. The third kappa shape index (κ3) is 3.23. The molecule has 0 saturated carbocycles. The molecule has 1 aliphatic heterocycles. The predicted molar refractivity (Wildman–Crippen MR) is 73.1 cm³/mol. The number of rotatable bonds is 5. The van der Waals surface area contributed by atoms with Crippen molar-refractivity contribution < 1.29 is 9.84 Å². The summed E-state index contributed by atoms with van der Waals surface area (Å²) < 4.78 is 5.36. The van der Waals surface area contributed by atoms with E-state index >= 15 is 0 Å². The molecule has 2 rings (SSSR count). The van der Waals surface area contributed by atoms with Crippen LogP contribution in [0, 0.1) is 0 Å². The zero-order valence-corrected chi connectivity index (χ0v) is 11.4. The van der Waals surface area contributed by atoms with E-state index in [0.29, 0.717) is 12.5 Å². The Kier molecular flexibility index (Phi) is 4.62. The molecule has 1 fully saturated rings. The van der Waals surface area contributed by atoms with Crippen molar-refractivity contribution in [1.82, 2.24) is 5.32 Å². The van der Waals surface area contributed by atoms with Crippen LogP contribution in [-0.4, -0.2) is 37.0 Å².